The van der Waals surface area contributed by atoms with Gasteiger partial charge >= 0.3 is 6.18 Å². The standard InChI is InChI=1S/C14H12F3N5OS/c1-21-12(14(15,16)17)19-20-13(21)24-9-11(23)22(8-7-18)10-5-3-2-4-6-10/h2-6H,8-9H2,1H3. The van der Waals surface area contributed by atoms with Crippen LogP contribution in [0, 0.1) is 11.3 Å². The van der Waals surface area contributed by atoms with Gasteiger partial charge in [0.15, 0.2) is 5.16 Å². The zero-order valence-corrected chi connectivity index (χ0v) is 13.3. The summed E-state index contributed by atoms with van der Waals surface area (Å²) in [5.74, 6) is -1.71. The van der Waals surface area contributed by atoms with Gasteiger partial charge in [-0.15, -0.1) is 10.2 Å². The minimum absolute atomic E-state index is 0.0272. The normalized spacial score (nSPS) is 11.1. The van der Waals surface area contributed by atoms with E-state index in [4.69, 9.17) is 5.26 Å². The van der Waals surface area contributed by atoms with E-state index in [0.29, 0.717) is 5.69 Å². The van der Waals surface area contributed by atoms with Gasteiger partial charge in [0.1, 0.15) is 6.54 Å². The predicted molar refractivity (Wildman–Crippen MR) is 81.1 cm³/mol. The van der Waals surface area contributed by atoms with E-state index in [0.717, 1.165) is 16.3 Å². The molecule has 0 spiro atoms. The lowest BCUT2D eigenvalue weighted by Crippen LogP contribution is -2.32. The molecule has 0 atom stereocenters. The summed E-state index contributed by atoms with van der Waals surface area (Å²) in [4.78, 5) is 13.6. The van der Waals surface area contributed by atoms with Gasteiger partial charge in [-0.05, 0) is 12.1 Å². The molecule has 0 N–H and O–H groups in total. The topological polar surface area (TPSA) is 74.8 Å². The number of aromatic nitrogens is 3. The first-order chi connectivity index (χ1) is 11.3. The molecule has 1 aromatic carbocycles. The SMILES string of the molecule is Cn1c(SCC(=O)N(CC#N)c2ccccc2)nnc1C(F)(F)F. The second-order valence-corrected chi connectivity index (χ2v) is 5.57. The largest absolute Gasteiger partial charge is 0.451 e. The van der Waals surface area contributed by atoms with Crippen molar-refractivity contribution in [3.8, 4) is 6.07 Å². The highest BCUT2D eigenvalue weighted by atomic mass is 32.2. The minimum atomic E-state index is -4.61. The van der Waals surface area contributed by atoms with Crippen LogP contribution in [0.25, 0.3) is 0 Å². The smallest absolute Gasteiger partial charge is 0.302 e. The van der Waals surface area contributed by atoms with Crippen LogP contribution in [-0.2, 0) is 18.0 Å². The van der Waals surface area contributed by atoms with Crippen molar-refractivity contribution in [2.75, 3.05) is 17.2 Å². The molecule has 0 saturated heterocycles. The highest BCUT2D eigenvalue weighted by molar-refractivity contribution is 7.99. The molecular weight excluding hydrogens is 343 g/mol. The molecule has 126 valence electrons. The van der Waals surface area contributed by atoms with Crippen molar-refractivity contribution >= 4 is 23.4 Å². The predicted octanol–water partition coefficient (Wildman–Crippen LogP) is 2.48. The Morgan fingerprint density at radius 2 is 2.00 bits per heavy atom. The Morgan fingerprint density at radius 3 is 2.54 bits per heavy atom. The fraction of sp³-hybridized carbons (Fsp3) is 0.286. The number of halogens is 3. The summed E-state index contributed by atoms with van der Waals surface area (Å²) in [6, 6.07) is 10.4. The molecular formula is C14H12F3N5OS. The molecule has 0 saturated carbocycles. The number of alkyl halides is 3. The maximum absolute atomic E-state index is 12.7. The number of para-hydroxylation sites is 1. The molecule has 0 bridgehead atoms. The number of anilines is 1. The van der Waals surface area contributed by atoms with E-state index in [-0.39, 0.29) is 17.5 Å². The molecule has 1 heterocycles. The van der Waals surface area contributed by atoms with Crippen LogP contribution in [-0.4, -0.2) is 33.0 Å². The van der Waals surface area contributed by atoms with Crippen LogP contribution in [0.3, 0.4) is 0 Å². The Labute approximate surface area is 139 Å². The van der Waals surface area contributed by atoms with E-state index >= 15 is 0 Å². The molecule has 2 rings (SSSR count). The highest BCUT2D eigenvalue weighted by Crippen LogP contribution is 2.29. The molecule has 0 aliphatic heterocycles. The zero-order chi connectivity index (χ0) is 17.7. The zero-order valence-electron chi connectivity index (χ0n) is 12.5. The monoisotopic (exact) mass is 355 g/mol. The number of amides is 1. The van der Waals surface area contributed by atoms with Gasteiger partial charge in [0.2, 0.25) is 11.7 Å². The third kappa shape index (κ3) is 4.05. The van der Waals surface area contributed by atoms with Crippen LogP contribution in [0.1, 0.15) is 5.82 Å². The molecule has 1 aromatic heterocycles. The molecule has 0 fully saturated rings. The van der Waals surface area contributed by atoms with E-state index in [2.05, 4.69) is 10.2 Å². The highest BCUT2D eigenvalue weighted by Gasteiger charge is 2.37. The van der Waals surface area contributed by atoms with E-state index in [1.165, 1.54) is 11.9 Å². The summed E-state index contributed by atoms with van der Waals surface area (Å²) in [5.41, 5.74) is 0.540. The van der Waals surface area contributed by atoms with Gasteiger partial charge in [0.25, 0.3) is 0 Å². The van der Waals surface area contributed by atoms with E-state index in [1.807, 2.05) is 6.07 Å². The average Bonchev–Trinajstić information content (AvgIpc) is 2.92. The quantitative estimate of drug-likeness (QED) is 0.608. The maximum Gasteiger partial charge on any atom is 0.451 e. The first-order valence-electron chi connectivity index (χ1n) is 6.66. The second-order valence-electron chi connectivity index (χ2n) is 4.63. The van der Waals surface area contributed by atoms with Gasteiger partial charge in [0.05, 0.1) is 11.8 Å². The first-order valence-corrected chi connectivity index (χ1v) is 7.65. The van der Waals surface area contributed by atoms with Crippen molar-refractivity contribution in [3.63, 3.8) is 0 Å². The van der Waals surface area contributed by atoms with Gasteiger partial charge in [-0.1, -0.05) is 30.0 Å². The van der Waals surface area contributed by atoms with Crippen LogP contribution < -0.4 is 4.90 Å². The second kappa shape index (κ2) is 7.35. The molecule has 0 radical (unpaired) electrons. The van der Waals surface area contributed by atoms with Gasteiger partial charge in [-0.25, -0.2) is 0 Å². The maximum atomic E-state index is 12.7. The summed E-state index contributed by atoms with van der Waals surface area (Å²) in [7, 11) is 1.18. The van der Waals surface area contributed by atoms with Gasteiger partial charge in [-0.2, -0.15) is 18.4 Å². The lowest BCUT2D eigenvalue weighted by Gasteiger charge is -2.19. The molecule has 0 unspecified atom stereocenters. The van der Waals surface area contributed by atoms with E-state index in [1.54, 1.807) is 30.3 Å². The van der Waals surface area contributed by atoms with Gasteiger partial charge in [-0.3, -0.25) is 9.69 Å². The Bertz CT molecular complexity index is 754. The molecule has 2 aromatic rings. The summed E-state index contributed by atoms with van der Waals surface area (Å²) < 4.78 is 38.8. The average molecular weight is 355 g/mol. The van der Waals surface area contributed by atoms with Gasteiger partial charge in [0, 0.05) is 12.7 Å². The summed E-state index contributed by atoms with van der Waals surface area (Å²) in [6.45, 7) is -0.157. The van der Waals surface area contributed by atoms with Crippen molar-refractivity contribution in [3.05, 3.63) is 36.2 Å². The first kappa shape index (κ1) is 17.8. The summed E-state index contributed by atoms with van der Waals surface area (Å²) in [6.07, 6.45) is -4.61. The van der Waals surface area contributed by atoms with Crippen LogP contribution in [0.4, 0.5) is 18.9 Å². The van der Waals surface area contributed by atoms with Crippen molar-refractivity contribution < 1.29 is 18.0 Å². The summed E-state index contributed by atoms with van der Waals surface area (Å²) >= 11 is 0.830. The van der Waals surface area contributed by atoms with Crippen molar-refractivity contribution in [1.29, 1.82) is 5.26 Å². The van der Waals surface area contributed by atoms with E-state index < -0.39 is 17.9 Å². The molecule has 0 aliphatic carbocycles. The molecule has 10 heteroatoms. The molecule has 0 aliphatic rings. The number of carbonyl (C=O) groups is 1. The van der Waals surface area contributed by atoms with Crippen molar-refractivity contribution in [2.24, 2.45) is 7.05 Å². The Kier molecular flexibility index (Phi) is 5.46. The molecule has 6 nitrogen and oxygen atoms in total. The third-order valence-corrected chi connectivity index (χ3v) is 4.02. The number of nitriles is 1. The Morgan fingerprint density at radius 1 is 1.33 bits per heavy atom. The van der Waals surface area contributed by atoms with Crippen molar-refractivity contribution in [1.82, 2.24) is 14.8 Å². The number of rotatable bonds is 5. The van der Waals surface area contributed by atoms with Crippen LogP contribution in [0.15, 0.2) is 35.5 Å². The Balaban J connectivity index is 2.09. The summed E-state index contributed by atoms with van der Waals surface area (Å²) in [5, 5.41) is 15.4. The lowest BCUT2D eigenvalue weighted by molar-refractivity contribution is -0.147. The van der Waals surface area contributed by atoms with Crippen molar-refractivity contribution in [2.45, 2.75) is 11.3 Å². The third-order valence-electron chi connectivity index (χ3n) is 3.01. The Hall–Kier alpha value is -2.54. The number of nitrogens with zero attached hydrogens (tertiary/aromatic N) is 5. The number of hydrogen-bond acceptors (Lipinski definition) is 5. The lowest BCUT2D eigenvalue weighted by atomic mass is 10.3. The minimum Gasteiger partial charge on any atom is -0.302 e. The van der Waals surface area contributed by atoms with Crippen LogP contribution >= 0.6 is 11.8 Å². The van der Waals surface area contributed by atoms with Crippen LogP contribution in [0.2, 0.25) is 0 Å². The number of carbonyl (C=O) groups excluding carboxylic acids is 1. The van der Waals surface area contributed by atoms with E-state index in [9.17, 15) is 18.0 Å². The molecule has 24 heavy (non-hydrogen) atoms. The molecule has 1 amide bonds. The number of hydrogen-bond donors (Lipinski definition) is 0. The fourth-order valence-corrected chi connectivity index (χ4v) is 2.68. The fourth-order valence-electron chi connectivity index (χ4n) is 1.89. The number of thioether (sulfide) groups is 1. The van der Waals surface area contributed by atoms with Crippen LogP contribution in [0.5, 0.6) is 0 Å². The number of benzene rings is 1. The van der Waals surface area contributed by atoms with Gasteiger partial charge < -0.3 is 4.57 Å².